The van der Waals surface area contributed by atoms with E-state index in [1.54, 1.807) is 7.11 Å². The Morgan fingerprint density at radius 1 is 1.29 bits per heavy atom. The van der Waals surface area contributed by atoms with Crippen molar-refractivity contribution in [2.24, 2.45) is 0 Å². The summed E-state index contributed by atoms with van der Waals surface area (Å²) >= 11 is 4.76. The minimum absolute atomic E-state index is 0.0691. The highest BCUT2D eigenvalue weighted by molar-refractivity contribution is 9.10. The highest BCUT2D eigenvalue weighted by atomic mass is 79.9. The quantitative estimate of drug-likeness (QED) is 0.615. The van der Waals surface area contributed by atoms with Crippen molar-refractivity contribution in [1.29, 1.82) is 0 Å². The van der Waals surface area contributed by atoms with Crippen LogP contribution in [0.3, 0.4) is 0 Å². The summed E-state index contributed by atoms with van der Waals surface area (Å²) in [5.74, 6) is 0.698. The first kappa shape index (κ1) is 16.9. The van der Waals surface area contributed by atoms with Crippen molar-refractivity contribution in [2.45, 2.75) is 17.3 Å². The highest BCUT2D eigenvalue weighted by Gasteiger charge is 2.17. The van der Waals surface area contributed by atoms with Gasteiger partial charge < -0.3 is 15.0 Å². The maximum absolute atomic E-state index is 12.3. The number of rotatable bonds is 5. The van der Waals surface area contributed by atoms with Crippen LogP contribution in [0, 0.1) is 0 Å². The first-order valence-electron chi connectivity index (χ1n) is 7.32. The predicted molar refractivity (Wildman–Crippen MR) is 101 cm³/mol. The zero-order valence-electron chi connectivity index (χ0n) is 13.2. The number of thioether (sulfide) groups is 1. The molecule has 2 N–H and O–H groups in total. The van der Waals surface area contributed by atoms with Gasteiger partial charge in [0, 0.05) is 16.2 Å². The van der Waals surface area contributed by atoms with E-state index in [-0.39, 0.29) is 11.2 Å². The molecule has 0 fully saturated rings. The third-order valence-corrected chi connectivity index (χ3v) is 4.95. The third kappa shape index (κ3) is 3.91. The van der Waals surface area contributed by atoms with Crippen LogP contribution in [0.25, 0.3) is 11.0 Å². The lowest BCUT2D eigenvalue weighted by molar-refractivity contribution is -0.115. The van der Waals surface area contributed by atoms with E-state index in [4.69, 9.17) is 4.74 Å². The molecule has 0 bridgehead atoms. The molecule has 0 radical (unpaired) electrons. The number of methoxy groups -OCH3 is 1. The van der Waals surface area contributed by atoms with Gasteiger partial charge in [0.15, 0.2) is 5.16 Å². The maximum Gasteiger partial charge on any atom is 0.237 e. The molecule has 1 heterocycles. The summed E-state index contributed by atoms with van der Waals surface area (Å²) in [4.78, 5) is 20.0. The average Bonchev–Trinajstić information content (AvgIpc) is 2.97. The van der Waals surface area contributed by atoms with Crippen LogP contribution < -0.4 is 10.1 Å². The number of aromatic nitrogens is 2. The van der Waals surface area contributed by atoms with Gasteiger partial charge in [0.25, 0.3) is 0 Å². The first-order valence-corrected chi connectivity index (χ1v) is 8.99. The lowest BCUT2D eigenvalue weighted by Crippen LogP contribution is -2.22. The minimum atomic E-state index is -0.281. The molecule has 0 saturated carbocycles. The van der Waals surface area contributed by atoms with Gasteiger partial charge in [0.05, 0.1) is 23.4 Å². The fraction of sp³-hybridized carbons (Fsp3) is 0.176. The molecular formula is C17H16BrN3O2S. The Balaban J connectivity index is 1.68. The Hall–Kier alpha value is -1.99. The maximum atomic E-state index is 12.3. The summed E-state index contributed by atoms with van der Waals surface area (Å²) in [5, 5.41) is 3.32. The van der Waals surface area contributed by atoms with Crippen LogP contribution in [0.1, 0.15) is 6.92 Å². The van der Waals surface area contributed by atoms with Crippen LogP contribution >= 0.6 is 27.7 Å². The minimum Gasteiger partial charge on any atom is -0.497 e. The zero-order chi connectivity index (χ0) is 17.1. The van der Waals surface area contributed by atoms with Crippen LogP contribution in [0.2, 0.25) is 0 Å². The molecule has 1 amide bonds. The molecule has 0 aliphatic rings. The van der Waals surface area contributed by atoms with Crippen molar-refractivity contribution < 1.29 is 9.53 Å². The van der Waals surface area contributed by atoms with Gasteiger partial charge in [0.1, 0.15) is 5.75 Å². The van der Waals surface area contributed by atoms with E-state index in [2.05, 4.69) is 31.2 Å². The van der Waals surface area contributed by atoms with E-state index < -0.39 is 0 Å². The van der Waals surface area contributed by atoms with Gasteiger partial charge in [-0.15, -0.1) is 0 Å². The number of fused-ring (bicyclic) bond motifs is 1. The van der Waals surface area contributed by atoms with Gasteiger partial charge in [-0.2, -0.15) is 0 Å². The molecule has 1 atom stereocenters. The number of nitrogens with one attached hydrogen (secondary N) is 2. The van der Waals surface area contributed by atoms with Gasteiger partial charge in [-0.25, -0.2) is 4.98 Å². The van der Waals surface area contributed by atoms with E-state index in [1.807, 2.05) is 49.4 Å². The molecule has 0 aliphatic carbocycles. The molecule has 1 aromatic heterocycles. The van der Waals surface area contributed by atoms with Crippen molar-refractivity contribution in [3.05, 3.63) is 46.9 Å². The number of halogens is 1. The Bertz CT molecular complexity index is 864. The van der Waals surface area contributed by atoms with Gasteiger partial charge in [-0.1, -0.05) is 27.7 Å². The third-order valence-electron chi connectivity index (χ3n) is 3.44. The predicted octanol–water partition coefficient (Wildman–Crippen LogP) is 4.45. The number of ether oxygens (including phenoxy) is 1. The Morgan fingerprint density at radius 2 is 2.04 bits per heavy atom. The number of carbonyl (C=O) groups excluding carboxylic acids is 1. The largest absolute Gasteiger partial charge is 0.497 e. The van der Waals surface area contributed by atoms with Crippen molar-refractivity contribution >= 4 is 50.3 Å². The van der Waals surface area contributed by atoms with E-state index in [1.165, 1.54) is 11.8 Å². The number of carbonyl (C=O) groups is 1. The van der Waals surface area contributed by atoms with Gasteiger partial charge in [-0.05, 0) is 43.3 Å². The Morgan fingerprint density at radius 3 is 2.75 bits per heavy atom. The second kappa shape index (κ2) is 7.27. The number of hydrogen-bond acceptors (Lipinski definition) is 4. The summed E-state index contributed by atoms with van der Waals surface area (Å²) < 4.78 is 6.18. The molecular weight excluding hydrogens is 390 g/mol. The van der Waals surface area contributed by atoms with E-state index in [0.29, 0.717) is 5.16 Å². The second-order valence-corrected chi connectivity index (χ2v) is 7.43. The van der Waals surface area contributed by atoms with Crippen molar-refractivity contribution in [3.8, 4) is 5.75 Å². The zero-order valence-corrected chi connectivity index (χ0v) is 15.6. The summed E-state index contributed by atoms with van der Waals surface area (Å²) in [6, 6.07) is 13.1. The van der Waals surface area contributed by atoms with Crippen LogP contribution in [0.15, 0.2) is 52.1 Å². The molecule has 0 spiro atoms. The number of aromatic amines is 1. The topological polar surface area (TPSA) is 67.0 Å². The number of hydrogen-bond donors (Lipinski definition) is 2. The van der Waals surface area contributed by atoms with Crippen LogP contribution in [0.5, 0.6) is 5.75 Å². The van der Waals surface area contributed by atoms with Crippen molar-refractivity contribution in [1.82, 2.24) is 9.97 Å². The number of amides is 1. The number of imidazole rings is 1. The van der Waals surface area contributed by atoms with E-state index >= 15 is 0 Å². The molecule has 0 aliphatic heterocycles. The average molecular weight is 406 g/mol. The fourth-order valence-electron chi connectivity index (χ4n) is 2.15. The summed E-state index contributed by atoms with van der Waals surface area (Å²) in [6.07, 6.45) is 0. The second-order valence-electron chi connectivity index (χ2n) is 5.18. The normalized spacial score (nSPS) is 12.1. The molecule has 5 nitrogen and oxygen atoms in total. The summed E-state index contributed by atoms with van der Waals surface area (Å²) in [6.45, 7) is 1.85. The molecule has 3 aromatic rings. The number of H-pyrrole nitrogens is 1. The lowest BCUT2D eigenvalue weighted by atomic mass is 10.3. The van der Waals surface area contributed by atoms with Crippen LogP contribution in [0.4, 0.5) is 5.69 Å². The number of benzene rings is 2. The summed E-state index contributed by atoms with van der Waals surface area (Å²) in [7, 11) is 1.63. The monoisotopic (exact) mass is 405 g/mol. The SMILES string of the molecule is COc1ccc2nc(S[C@H](C)C(=O)Nc3ccc(Br)cc3)[nH]c2c1. The Labute approximate surface area is 152 Å². The standard InChI is InChI=1S/C17H16BrN3O2S/c1-10(16(22)19-12-5-3-11(18)4-6-12)24-17-20-14-8-7-13(23-2)9-15(14)21-17/h3-10H,1-2H3,(H,19,22)(H,20,21)/t10-/m1/s1. The lowest BCUT2D eigenvalue weighted by Gasteiger charge is -2.10. The molecule has 24 heavy (non-hydrogen) atoms. The van der Waals surface area contributed by atoms with E-state index in [9.17, 15) is 4.79 Å². The van der Waals surface area contributed by atoms with Gasteiger partial charge in [-0.3, -0.25) is 4.79 Å². The molecule has 0 unspecified atom stereocenters. The fourth-order valence-corrected chi connectivity index (χ4v) is 3.23. The molecule has 0 saturated heterocycles. The van der Waals surface area contributed by atoms with Crippen LogP contribution in [-0.4, -0.2) is 28.2 Å². The van der Waals surface area contributed by atoms with Crippen molar-refractivity contribution in [2.75, 3.05) is 12.4 Å². The van der Waals surface area contributed by atoms with Gasteiger partial charge >= 0.3 is 0 Å². The number of nitrogens with zero attached hydrogens (tertiary/aromatic N) is 1. The molecule has 124 valence electrons. The van der Waals surface area contributed by atoms with E-state index in [0.717, 1.165) is 26.9 Å². The molecule has 2 aromatic carbocycles. The summed E-state index contributed by atoms with van der Waals surface area (Å²) in [5.41, 5.74) is 2.50. The highest BCUT2D eigenvalue weighted by Crippen LogP contribution is 2.26. The molecule has 7 heteroatoms. The van der Waals surface area contributed by atoms with Gasteiger partial charge in [0.2, 0.25) is 5.91 Å². The first-order chi connectivity index (χ1) is 11.5. The Kier molecular flexibility index (Phi) is 5.11. The molecule has 3 rings (SSSR count). The van der Waals surface area contributed by atoms with Crippen molar-refractivity contribution in [3.63, 3.8) is 0 Å². The van der Waals surface area contributed by atoms with Crippen LogP contribution in [-0.2, 0) is 4.79 Å². The number of anilines is 1. The smallest absolute Gasteiger partial charge is 0.237 e.